The molecule has 2 heterocycles. The van der Waals surface area contributed by atoms with Crippen LogP contribution in [-0.4, -0.2) is 28.1 Å². The second kappa shape index (κ2) is 4.65. The SMILES string of the molecule is CCC1(C(=O)O)CCCN1c1ccnc(C#N)c1. The van der Waals surface area contributed by atoms with Gasteiger partial charge in [-0.2, -0.15) is 5.26 Å². The minimum Gasteiger partial charge on any atom is -0.479 e. The molecular weight excluding hydrogens is 230 g/mol. The quantitative estimate of drug-likeness (QED) is 0.878. The number of nitrogens with zero attached hydrogens (tertiary/aromatic N) is 3. The molecule has 0 aromatic carbocycles. The summed E-state index contributed by atoms with van der Waals surface area (Å²) in [6, 6.07) is 5.40. The van der Waals surface area contributed by atoms with Gasteiger partial charge in [0.2, 0.25) is 0 Å². The van der Waals surface area contributed by atoms with Crippen molar-refractivity contribution in [3.05, 3.63) is 24.0 Å². The van der Waals surface area contributed by atoms with Crippen molar-refractivity contribution in [2.75, 3.05) is 11.4 Å². The summed E-state index contributed by atoms with van der Waals surface area (Å²) in [6.45, 7) is 2.59. The number of pyridine rings is 1. The Balaban J connectivity index is 2.43. The van der Waals surface area contributed by atoms with Crippen molar-refractivity contribution in [1.82, 2.24) is 4.98 Å². The number of hydrogen-bond donors (Lipinski definition) is 1. The van der Waals surface area contributed by atoms with Crippen molar-refractivity contribution in [3.8, 4) is 6.07 Å². The zero-order valence-electron chi connectivity index (χ0n) is 10.3. The Hall–Kier alpha value is -2.09. The molecule has 0 spiro atoms. The number of carboxylic acid groups (broad SMARTS) is 1. The number of rotatable bonds is 3. The Bertz CT molecular complexity index is 509. The molecule has 1 aliphatic heterocycles. The van der Waals surface area contributed by atoms with Crippen LogP contribution in [0.5, 0.6) is 0 Å². The van der Waals surface area contributed by atoms with Gasteiger partial charge in [0.05, 0.1) is 0 Å². The molecule has 1 atom stereocenters. The molecule has 0 aliphatic carbocycles. The van der Waals surface area contributed by atoms with Crippen LogP contribution in [0.2, 0.25) is 0 Å². The van der Waals surface area contributed by atoms with Crippen LogP contribution in [0.4, 0.5) is 5.69 Å². The number of anilines is 1. The fraction of sp³-hybridized carbons (Fsp3) is 0.462. The monoisotopic (exact) mass is 245 g/mol. The number of carbonyl (C=O) groups is 1. The Labute approximate surface area is 106 Å². The second-order valence-corrected chi connectivity index (χ2v) is 4.46. The van der Waals surface area contributed by atoms with E-state index in [9.17, 15) is 9.90 Å². The molecule has 1 saturated heterocycles. The minimum atomic E-state index is -0.839. The van der Waals surface area contributed by atoms with E-state index in [1.807, 2.05) is 17.9 Å². The smallest absolute Gasteiger partial charge is 0.329 e. The minimum absolute atomic E-state index is 0.315. The number of hydrogen-bond acceptors (Lipinski definition) is 4. The van der Waals surface area contributed by atoms with Crippen molar-refractivity contribution in [2.45, 2.75) is 31.7 Å². The third kappa shape index (κ3) is 1.80. The van der Waals surface area contributed by atoms with Crippen LogP contribution in [0.15, 0.2) is 18.3 Å². The first-order chi connectivity index (χ1) is 8.64. The van der Waals surface area contributed by atoms with Gasteiger partial charge in [0.25, 0.3) is 0 Å². The predicted molar refractivity (Wildman–Crippen MR) is 66.2 cm³/mol. The molecule has 18 heavy (non-hydrogen) atoms. The molecule has 1 aromatic rings. The number of aliphatic carboxylic acids is 1. The largest absolute Gasteiger partial charge is 0.479 e. The number of carboxylic acids is 1. The third-order valence-corrected chi connectivity index (χ3v) is 3.64. The molecule has 1 aliphatic rings. The van der Waals surface area contributed by atoms with Gasteiger partial charge in [0.15, 0.2) is 0 Å². The van der Waals surface area contributed by atoms with E-state index in [-0.39, 0.29) is 0 Å². The van der Waals surface area contributed by atoms with E-state index in [1.54, 1.807) is 18.3 Å². The van der Waals surface area contributed by atoms with E-state index >= 15 is 0 Å². The summed E-state index contributed by atoms with van der Waals surface area (Å²) >= 11 is 0. The summed E-state index contributed by atoms with van der Waals surface area (Å²) in [5.41, 5.74) is 0.242. The van der Waals surface area contributed by atoms with Gasteiger partial charge in [0.1, 0.15) is 17.3 Å². The van der Waals surface area contributed by atoms with Crippen LogP contribution < -0.4 is 4.90 Å². The van der Waals surface area contributed by atoms with Crippen LogP contribution in [-0.2, 0) is 4.79 Å². The van der Waals surface area contributed by atoms with Crippen LogP contribution >= 0.6 is 0 Å². The Kier molecular flexibility index (Phi) is 3.19. The standard InChI is InChI=1S/C13H15N3O2/c1-2-13(12(17)18)5-3-7-16(13)11-4-6-15-10(8-11)9-14/h4,6,8H,2-3,5,7H2,1H3,(H,17,18). The van der Waals surface area contributed by atoms with E-state index in [1.165, 1.54) is 0 Å². The van der Waals surface area contributed by atoms with Crippen LogP contribution in [0.25, 0.3) is 0 Å². The average Bonchev–Trinajstić information content (AvgIpc) is 2.84. The molecule has 5 heteroatoms. The van der Waals surface area contributed by atoms with E-state index in [0.717, 1.165) is 12.1 Å². The lowest BCUT2D eigenvalue weighted by molar-refractivity contribution is -0.143. The van der Waals surface area contributed by atoms with E-state index in [4.69, 9.17) is 5.26 Å². The first-order valence-electron chi connectivity index (χ1n) is 6.01. The maximum Gasteiger partial charge on any atom is 0.329 e. The van der Waals surface area contributed by atoms with E-state index in [2.05, 4.69) is 4.98 Å². The fourth-order valence-corrected chi connectivity index (χ4v) is 2.64. The van der Waals surface area contributed by atoms with Gasteiger partial charge in [-0.05, 0) is 31.4 Å². The number of aromatic nitrogens is 1. The van der Waals surface area contributed by atoms with Gasteiger partial charge in [-0.1, -0.05) is 6.92 Å². The van der Waals surface area contributed by atoms with Gasteiger partial charge < -0.3 is 10.0 Å². The summed E-state index contributed by atoms with van der Waals surface area (Å²) in [5.74, 6) is -0.794. The van der Waals surface area contributed by atoms with Crippen molar-refractivity contribution >= 4 is 11.7 Å². The van der Waals surface area contributed by atoms with Crippen LogP contribution in [0, 0.1) is 11.3 Å². The maximum atomic E-state index is 11.6. The average molecular weight is 245 g/mol. The maximum absolute atomic E-state index is 11.6. The van der Waals surface area contributed by atoms with Gasteiger partial charge in [-0.3, -0.25) is 0 Å². The van der Waals surface area contributed by atoms with E-state index in [0.29, 0.717) is 25.1 Å². The van der Waals surface area contributed by atoms with Crippen molar-refractivity contribution in [1.29, 1.82) is 5.26 Å². The Morgan fingerprint density at radius 1 is 1.72 bits per heavy atom. The zero-order valence-corrected chi connectivity index (χ0v) is 10.3. The molecule has 1 fully saturated rings. The summed E-state index contributed by atoms with van der Waals surface area (Å²) < 4.78 is 0. The topological polar surface area (TPSA) is 77.2 Å². The van der Waals surface area contributed by atoms with Crippen molar-refractivity contribution in [2.24, 2.45) is 0 Å². The summed E-state index contributed by atoms with van der Waals surface area (Å²) in [5, 5.41) is 18.4. The van der Waals surface area contributed by atoms with Crippen molar-refractivity contribution < 1.29 is 9.90 Å². The molecule has 0 amide bonds. The van der Waals surface area contributed by atoms with Gasteiger partial charge in [0, 0.05) is 18.4 Å². The zero-order chi connectivity index (χ0) is 13.2. The van der Waals surface area contributed by atoms with E-state index < -0.39 is 11.5 Å². The molecule has 0 saturated carbocycles. The third-order valence-electron chi connectivity index (χ3n) is 3.64. The van der Waals surface area contributed by atoms with Crippen molar-refractivity contribution in [3.63, 3.8) is 0 Å². The molecule has 1 unspecified atom stereocenters. The lowest BCUT2D eigenvalue weighted by atomic mass is 9.92. The Morgan fingerprint density at radius 2 is 2.50 bits per heavy atom. The second-order valence-electron chi connectivity index (χ2n) is 4.46. The number of nitriles is 1. The molecule has 5 nitrogen and oxygen atoms in total. The highest BCUT2D eigenvalue weighted by molar-refractivity contribution is 5.84. The molecular formula is C13H15N3O2. The first kappa shape index (κ1) is 12.4. The highest BCUT2D eigenvalue weighted by Gasteiger charge is 2.46. The molecule has 94 valence electrons. The Morgan fingerprint density at radius 3 is 3.11 bits per heavy atom. The van der Waals surface area contributed by atoms with Crippen LogP contribution in [0.3, 0.4) is 0 Å². The molecule has 1 N–H and O–H groups in total. The molecule has 0 bridgehead atoms. The van der Waals surface area contributed by atoms with Gasteiger partial charge in [-0.25, -0.2) is 9.78 Å². The fourth-order valence-electron chi connectivity index (χ4n) is 2.64. The first-order valence-corrected chi connectivity index (χ1v) is 6.01. The summed E-state index contributed by atoms with van der Waals surface area (Å²) in [6.07, 6.45) is 3.59. The lowest BCUT2D eigenvalue weighted by Gasteiger charge is -2.35. The molecule has 1 aromatic heterocycles. The van der Waals surface area contributed by atoms with Crippen LogP contribution in [0.1, 0.15) is 31.9 Å². The van der Waals surface area contributed by atoms with Gasteiger partial charge in [-0.15, -0.1) is 0 Å². The molecule has 2 rings (SSSR count). The molecule has 0 radical (unpaired) electrons. The highest BCUT2D eigenvalue weighted by atomic mass is 16.4. The van der Waals surface area contributed by atoms with Gasteiger partial charge >= 0.3 is 5.97 Å². The highest BCUT2D eigenvalue weighted by Crippen LogP contribution is 2.36. The summed E-state index contributed by atoms with van der Waals surface area (Å²) in [7, 11) is 0. The summed E-state index contributed by atoms with van der Waals surface area (Å²) in [4.78, 5) is 17.4. The normalized spacial score (nSPS) is 22.8. The predicted octanol–water partition coefficient (Wildman–Crippen LogP) is 1.79. The lowest BCUT2D eigenvalue weighted by Crippen LogP contribution is -2.50.